The van der Waals surface area contributed by atoms with E-state index in [0.29, 0.717) is 38.0 Å². The molecule has 0 radical (unpaired) electrons. The van der Waals surface area contributed by atoms with Gasteiger partial charge in [0.25, 0.3) is 0 Å². The average molecular weight is 256 g/mol. The first-order valence-electron chi connectivity index (χ1n) is 6.04. The van der Waals surface area contributed by atoms with Gasteiger partial charge in [0.05, 0.1) is 0 Å². The third kappa shape index (κ3) is 5.72. The molecule has 100 valence electrons. The lowest BCUT2D eigenvalue weighted by Crippen LogP contribution is -2.28. The highest BCUT2D eigenvalue weighted by Gasteiger charge is 2.01. The minimum Gasteiger partial charge on any atom is -0.356 e. The van der Waals surface area contributed by atoms with Crippen LogP contribution in [0.3, 0.4) is 0 Å². The topological polar surface area (TPSA) is 41.1 Å². The molecule has 1 amide bonds. The quantitative estimate of drug-likeness (QED) is 0.728. The molecule has 0 aliphatic carbocycles. The molecule has 0 spiro atoms. The summed E-state index contributed by atoms with van der Waals surface area (Å²) < 4.78 is 25.8. The number of carbonyl (C=O) groups is 1. The highest BCUT2D eigenvalue weighted by Crippen LogP contribution is 2.07. The maximum atomic E-state index is 12.9. The maximum Gasteiger partial charge on any atom is 0.221 e. The average Bonchev–Trinajstić information content (AvgIpc) is 2.27. The molecule has 0 bridgehead atoms. The SMILES string of the molecule is CCNC(=O)CCNCCc1cc(F)cc(F)c1. The normalized spacial score (nSPS) is 10.4. The molecular formula is C13H18F2N2O. The van der Waals surface area contributed by atoms with E-state index in [1.165, 1.54) is 12.1 Å². The molecule has 0 aromatic heterocycles. The summed E-state index contributed by atoms with van der Waals surface area (Å²) in [5.41, 5.74) is 0.609. The van der Waals surface area contributed by atoms with Crippen LogP contribution in [-0.4, -0.2) is 25.5 Å². The number of halogens is 2. The second-order valence-electron chi connectivity index (χ2n) is 3.98. The molecule has 0 saturated carbocycles. The van der Waals surface area contributed by atoms with Gasteiger partial charge in [-0.2, -0.15) is 0 Å². The lowest BCUT2D eigenvalue weighted by molar-refractivity contribution is -0.120. The van der Waals surface area contributed by atoms with E-state index >= 15 is 0 Å². The third-order valence-electron chi connectivity index (χ3n) is 2.42. The summed E-state index contributed by atoms with van der Waals surface area (Å²) in [7, 11) is 0. The molecule has 1 aromatic rings. The molecule has 0 aliphatic heterocycles. The molecule has 5 heteroatoms. The fourth-order valence-electron chi connectivity index (χ4n) is 1.60. The molecule has 0 unspecified atom stereocenters. The van der Waals surface area contributed by atoms with Crippen LogP contribution in [-0.2, 0) is 11.2 Å². The molecule has 2 N–H and O–H groups in total. The number of hydrogen-bond acceptors (Lipinski definition) is 2. The summed E-state index contributed by atoms with van der Waals surface area (Å²) in [6.07, 6.45) is 0.940. The van der Waals surface area contributed by atoms with Crippen LogP contribution in [0.15, 0.2) is 18.2 Å². The lowest BCUT2D eigenvalue weighted by Gasteiger charge is -2.05. The van der Waals surface area contributed by atoms with Crippen molar-refractivity contribution < 1.29 is 13.6 Å². The number of hydrogen-bond donors (Lipinski definition) is 2. The van der Waals surface area contributed by atoms with Gasteiger partial charge in [-0.3, -0.25) is 4.79 Å². The van der Waals surface area contributed by atoms with E-state index in [1.54, 1.807) is 0 Å². The van der Waals surface area contributed by atoms with Crippen LogP contribution < -0.4 is 10.6 Å². The van der Waals surface area contributed by atoms with Crippen molar-refractivity contribution in [2.24, 2.45) is 0 Å². The van der Waals surface area contributed by atoms with Gasteiger partial charge in [0.2, 0.25) is 5.91 Å². The van der Waals surface area contributed by atoms with Gasteiger partial charge in [-0.1, -0.05) is 0 Å². The Labute approximate surface area is 106 Å². The van der Waals surface area contributed by atoms with Crippen molar-refractivity contribution in [1.29, 1.82) is 0 Å². The third-order valence-corrected chi connectivity index (χ3v) is 2.42. The summed E-state index contributed by atoms with van der Waals surface area (Å²) in [5.74, 6) is -1.12. The van der Waals surface area contributed by atoms with E-state index in [9.17, 15) is 13.6 Å². The Hall–Kier alpha value is -1.49. The molecule has 3 nitrogen and oxygen atoms in total. The van der Waals surface area contributed by atoms with Crippen LogP contribution in [0.5, 0.6) is 0 Å². The highest BCUT2D eigenvalue weighted by molar-refractivity contribution is 5.75. The predicted molar refractivity (Wildman–Crippen MR) is 66.2 cm³/mol. The van der Waals surface area contributed by atoms with Crippen LogP contribution >= 0.6 is 0 Å². The van der Waals surface area contributed by atoms with Crippen LogP contribution in [0.4, 0.5) is 8.78 Å². The molecule has 0 atom stereocenters. The Morgan fingerprint density at radius 3 is 2.44 bits per heavy atom. The zero-order valence-electron chi connectivity index (χ0n) is 10.4. The van der Waals surface area contributed by atoms with Gasteiger partial charge < -0.3 is 10.6 Å². The lowest BCUT2D eigenvalue weighted by atomic mass is 10.1. The summed E-state index contributed by atoms with van der Waals surface area (Å²) in [6.45, 7) is 3.64. The molecule has 1 aromatic carbocycles. The van der Waals surface area contributed by atoms with Crippen molar-refractivity contribution in [3.05, 3.63) is 35.4 Å². The van der Waals surface area contributed by atoms with Crippen molar-refractivity contribution in [3.63, 3.8) is 0 Å². The van der Waals surface area contributed by atoms with Crippen LogP contribution in [0.2, 0.25) is 0 Å². The second kappa shape index (κ2) is 7.76. The fraction of sp³-hybridized carbons (Fsp3) is 0.462. The maximum absolute atomic E-state index is 12.9. The zero-order valence-corrected chi connectivity index (χ0v) is 10.4. The summed E-state index contributed by atoms with van der Waals surface area (Å²) in [6, 6.07) is 3.48. The minimum absolute atomic E-state index is 0.00167. The van der Waals surface area contributed by atoms with E-state index in [2.05, 4.69) is 10.6 Å². The van der Waals surface area contributed by atoms with Crippen molar-refractivity contribution in [2.75, 3.05) is 19.6 Å². The summed E-state index contributed by atoms with van der Waals surface area (Å²) in [5, 5.41) is 5.75. The number of carbonyl (C=O) groups excluding carboxylic acids is 1. The van der Waals surface area contributed by atoms with Crippen molar-refractivity contribution >= 4 is 5.91 Å². The molecule has 0 saturated heterocycles. The van der Waals surface area contributed by atoms with Crippen LogP contribution in [0.25, 0.3) is 0 Å². The predicted octanol–water partition coefficient (Wildman–Crippen LogP) is 1.62. The summed E-state index contributed by atoms with van der Waals surface area (Å²) in [4.78, 5) is 11.1. The largest absolute Gasteiger partial charge is 0.356 e. The summed E-state index contributed by atoms with van der Waals surface area (Å²) >= 11 is 0. The van der Waals surface area contributed by atoms with Gasteiger partial charge >= 0.3 is 0 Å². The van der Waals surface area contributed by atoms with E-state index in [-0.39, 0.29) is 5.91 Å². The number of nitrogens with one attached hydrogen (secondary N) is 2. The van der Waals surface area contributed by atoms with Gasteiger partial charge in [-0.25, -0.2) is 8.78 Å². The first-order valence-corrected chi connectivity index (χ1v) is 6.04. The van der Waals surface area contributed by atoms with Gasteiger partial charge in [0, 0.05) is 25.6 Å². The number of amides is 1. The molecule has 0 aliphatic rings. The van der Waals surface area contributed by atoms with E-state index in [4.69, 9.17) is 0 Å². The van der Waals surface area contributed by atoms with E-state index < -0.39 is 11.6 Å². The van der Waals surface area contributed by atoms with Crippen LogP contribution in [0, 0.1) is 11.6 Å². The zero-order chi connectivity index (χ0) is 13.4. The molecule has 0 heterocycles. The smallest absolute Gasteiger partial charge is 0.221 e. The fourth-order valence-corrected chi connectivity index (χ4v) is 1.60. The second-order valence-corrected chi connectivity index (χ2v) is 3.98. The first kappa shape index (κ1) is 14.6. The van der Waals surface area contributed by atoms with E-state index in [0.717, 1.165) is 6.07 Å². The Morgan fingerprint density at radius 1 is 1.17 bits per heavy atom. The van der Waals surface area contributed by atoms with Gasteiger partial charge in [-0.05, 0) is 37.6 Å². The van der Waals surface area contributed by atoms with Gasteiger partial charge in [0.1, 0.15) is 11.6 Å². The van der Waals surface area contributed by atoms with Gasteiger partial charge in [0.15, 0.2) is 0 Å². The Bertz CT molecular complexity index is 376. The monoisotopic (exact) mass is 256 g/mol. The Kier molecular flexibility index (Phi) is 6.28. The molecule has 18 heavy (non-hydrogen) atoms. The van der Waals surface area contributed by atoms with Crippen molar-refractivity contribution in [2.45, 2.75) is 19.8 Å². The van der Waals surface area contributed by atoms with E-state index in [1.807, 2.05) is 6.92 Å². The Morgan fingerprint density at radius 2 is 1.83 bits per heavy atom. The molecule has 1 rings (SSSR count). The molecular weight excluding hydrogens is 238 g/mol. The van der Waals surface area contributed by atoms with Crippen molar-refractivity contribution in [1.82, 2.24) is 10.6 Å². The first-order chi connectivity index (χ1) is 8.61. The number of rotatable bonds is 7. The molecule has 0 fully saturated rings. The number of benzene rings is 1. The minimum atomic E-state index is -0.563. The van der Waals surface area contributed by atoms with Gasteiger partial charge in [-0.15, -0.1) is 0 Å². The van der Waals surface area contributed by atoms with Crippen LogP contribution in [0.1, 0.15) is 18.9 Å². The van der Waals surface area contributed by atoms with Crippen molar-refractivity contribution in [3.8, 4) is 0 Å². The standard InChI is InChI=1S/C13H18F2N2O/c1-2-17-13(18)4-6-16-5-3-10-7-11(14)9-12(15)8-10/h7-9,16H,2-6H2,1H3,(H,17,18). The Balaban J connectivity index is 2.19. The highest BCUT2D eigenvalue weighted by atomic mass is 19.1.